The van der Waals surface area contributed by atoms with Gasteiger partial charge in [-0.05, 0) is 56.1 Å². The van der Waals surface area contributed by atoms with Gasteiger partial charge in [0, 0.05) is 6.04 Å². The van der Waals surface area contributed by atoms with Crippen LogP contribution < -0.4 is 10.2 Å². The van der Waals surface area contributed by atoms with E-state index in [9.17, 15) is 0 Å². The van der Waals surface area contributed by atoms with E-state index in [1.54, 1.807) is 0 Å². The third kappa shape index (κ3) is 2.47. The predicted molar refractivity (Wildman–Crippen MR) is 70.3 cm³/mol. The molecule has 2 N–H and O–H groups in total. The molecule has 0 saturated carbocycles. The van der Waals surface area contributed by atoms with E-state index in [4.69, 9.17) is 10.2 Å². The minimum Gasteiger partial charge on any atom is -0.544 e. The van der Waals surface area contributed by atoms with Gasteiger partial charge in [-0.1, -0.05) is 12.1 Å². The topological polar surface area (TPSA) is 35.2 Å². The number of benzene rings is 1. The maximum absolute atomic E-state index is 6.13. The molecular formula is C13H21NOSi. The van der Waals surface area contributed by atoms with E-state index in [0.717, 1.165) is 18.6 Å². The Hall–Kier alpha value is -0.803. The van der Waals surface area contributed by atoms with E-state index in [2.05, 4.69) is 37.8 Å². The molecule has 0 radical (unpaired) electrons. The second-order valence-electron chi connectivity index (χ2n) is 5.54. The molecule has 2 nitrogen and oxygen atoms in total. The molecule has 0 saturated heterocycles. The Bertz CT molecular complexity index is 384. The van der Waals surface area contributed by atoms with Gasteiger partial charge in [0.2, 0.25) is 8.32 Å². The number of fused-ring (bicyclic) bond motifs is 1. The molecule has 1 aromatic carbocycles. The summed E-state index contributed by atoms with van der Waals surface area (Å²) in [5.41, 5.74) is 8.78. The number of hydrogen-bond donors (Lipinski definition) is 1. The van der Waals surface area contributed by atoms with Crippen LogP contribution in [0.4, 0.5) is 0 Å². The van der Waals surface area contributed by atoms with Gasteiger partial charge in [-0.25, -0.2) is 0 Å². The molecule has 1 atom stereocenters. The molecule has 16 heavy (non-hydrogen) atoms. The van der Waals surface area contributed by atoms with E-state index in [1.165, 1.54) is 17.5 Å². The quantitative estimate of drug-likeness (QED) is 0.799. The van der Waals surface area contributed by atoms with Gasteiger partial charge in [0.05, 0.1) is 0 Å². The van der Waals surface area contributed by atoms with Gasteiger partial charge < -0.3 is 10.2 Å². The standard InChI is InChI=1S/C13H21NOSi/c1-16(2,3)15-13-9-5-6-10-11(13)7-4-8-12(10)14/h5-6,9,12H,4,7-8,14H2,1-3H3. The molecule has 3 heteroatoms. The fourth-order valence-corrected chi connectivity index (χ4v) is 3.13. The number of rotatable bonds is 2. The van der Waals surface area contributed by atoms with Gasteiger partial charge in [0.15, 0.2) is 0 Å². The zero-order chi connectivity index (χ0) is 11.8. The predicted octanol–water partition coefficient (Wildman–Crippen LogP) is 3.24. The van der Waals surface area contributed by atoms with Crippen molar-refractivity contribution in [2.24, 2.45) is 5.73 Å². The smallest absolute Gasteiger partial charge is 0.242 e. The molecule has 0 heterocycles. The molecule has 1 aliphatic rings. The maximum atomic E-state index is 6.13. The zero-order valence-electron chi connectivity index (χ0n) is 10.4. The first-order valence-corrected chi connectivity index (χ1v) is 9.44. The minimum absolute atomic E-state index is 0.203. The molecule has 0 aliphatic heterocycles. The van der Waals surface area contributed by atoms with Crippen LogP contribution in [0.1, 0.15) is 30.0 Å². The Kier molecular flexibility index (Phi) is 3.08. The lowest BCUT2D eigenvalue weighted by Crippen LogP contribution is -2.30. The maximum Gasteiger partial charge on any atom is 0.242 e. The van der Waals surface area contributed by atoms with Crippen molar-refractivity contribution >= 4 is 8.32 Å². The first kappa shape index (κ1) is 11.7. The van der Waals surface area contributed by atoms with Crippen molar-refractivity contribution in [3.8, 4) is 5.75 Å². The van der Waals surface area contributed by atoms with Crippen molar-refractivity contribution in [3.05, 3.63) is 29.3 Å². The lowest BCUT2D eigenvalue weighted by Gasteiger charge is -2.27. The van der Waals surface area contributed by atoms with Crippen LogP contribution in [0.3, 0.4) is 0 Å². The van der Waals surface area contributed by atoms with Crippen LogP contribution in [0, 0.1) is 0 Å². The highest BCUT2D eigenvalue weighted by Gasteiger charge is 2.23. The SMILES string of the molecule is C[Si](C)(C)Oc1cccc2c1CCCC2N. The van der Waals surface area contributed by atoms with Crippen LogP contribution in [0.2, 0.25) is 19.6 Å². The number of hydrogen-bond acceptors (Lipinski definition) is 2. The van der Waals surface area contributed by atoms with Crippen molar-refractivity contribution in [3.63, 3.8) is 0 Å². The van der Waals surface area contributed by atoms with Crippen LogP contribution >= 0.6 is 0 Å². The summed E-state index contributed by atoms with van der Waals surface area (Å²) < 4.78 is 6.13. The highest BCUT2D eigenvalue weighted by Crippen LogP contribution is 2.34. The Morgan fingerprint density at radius 1 is 1.31 bits per heavy atom. The average molecular weight is 235 g/mol. The fraction of sp³-hybridized carbons (Fsp3) is 0.538. The molecule has 1 aromatic rings. The molecule has 0 spiro atoms. The fourth-order valence-electron chi connectivity index (χ4n) is 2.28. The molecule has 0 fully saturated rings. The second kappa shape index (κ2) is 4.22. The summed E-state index contributed by atoms with van der Waals surface area (Å²) in [6.07, 6.45) is 3.40. The van der Waals surface area contributed by atoms with Gasteiger partial charge in [-0.3, -0.25) is 0 Å². The summed E-state index contributed by atoms with van der Waals surface area (Å²) in [5, 5.41) is 0. The van der Waals surface area contributed by atoms with E-state index in [1.807, 2.05) is 0 Å². The van der Waals surface area contributed by atoms with Crippen LogP contribution in [-0.4, -0.2) is 8.32 Å². The summed E-state index contributed by atoms with van der Waals surface area (Å²) in [6.45, 7) is 6.65. The third-order valence-corrected chi connectivity index (χ3v) is 3.76. The van der Waals surface area contributed by atoms with E-state index >= 15 is 0 Å². The normalized spacial score (nSPS) is 20.4. The van der Waals surface area contributed by atoms with Crippen molar-refractivity contribution < 1.29 is 4.43 Å². The summed E-state index contributed by atoms with van der Waals surface area (Å²) in [6, 6.07) is 6.51. The third-order valence-electron chi connectivity index (χ3n) is 2.93. The lowest BCUT2D eigenvalue weighted by atomic mass is 9.88. The Balaban J connectivity index is 2.36. The molecular weight excluding hydrogens is 214 g/mol. The molecule has 1 aliphatic carbocycles. The lowest BCUT2D eigenvalue weighted by molar-refractivity contribution is 0.517. The van der Waals surface area contributed by atoms with E-state index in [-0.39, 0.29) is 6.04 Å². The van der Waals surface area contributed by atoms with Crippen LogP contribution in [-0.2, 0) is 6.42 Å². The van der Waals surface area contributed by atoms with E-state index in [0.29, 0.717) is 0 Å². The molecule has 0 amide bonds. The van der Waals surface area contributed by atoms with Crippen LogP contribution in [0.15, 0.2) is 18.2 Å². The highest BCUT2D eigenvalue weighted by atomic mass is 28.4. The first-order chi connectivity index (χ1) is 7.47. The van der Waals surface area contributed by atoms with E-state index < -0.39 is 8.32 Å². The van der Waals surface area contributed by atoms with Gasteiger partial charge >= 0.3 is 0 Å². The van der Waals surface area contributed by atoms with Crippen molar-refractivity contribution in [1.29, 1.82) is 0 Å². The minimum atomic E-state index is -1.52. The van der Waals surface area contributed by atoms with Crippen molar-refractivity contribution in [2.45, 2.75) is 44.9 Å². The molecule has 88 valence electrons. The summed E-state index contributed by atoms with van der Waals surface area (Å²) >= 11 is 0. The highest BCUT2D eigenvalue weighted by molar-refractivity contribution is 6.70. The monoisotopic (exact) mass is 235 g/mol. The Morgan fingerprint density at radius 3 is 2.75 bits per heavy atom. The van der Waals surface area contributed by atoms with Gasteiger partial charge in [0.1, 0.15) is 5.75 Å². The van der Waals surface area contributed by atoms with Crippen molar-refractivity contribution in [2.75, 3.05) is 0 Å². The molecule has 0 aromatic heterocycles. The summed E-state index contributed by atoms with van der Waals surface area (Å²) in [7, 11) is -1.52. The van der Waals surface area contributed by atoms with Gasteiger partial charge in [0.25, 0.3) is 0 Å². The molecule has 1 unspecified atom stereocenters. The second-order valence-corrected chi connectivity index (χ2v) is 9.97. The zero-order valence-corrected chi connectivity index (χ0v) is 11.4. The van der Waals surface area contributed by atoms with Gasteiger partial charge in [-0.2, -0.15) is 0 Å². The Morgan fingerprint density at radius 2 is 2.06 bits per heavy atom. The Labute approximate surface area is 98.9 Å². The van der Waals surface area contributed by atoms with Gasteiger partial charge in [-0.15, -0.1) is 0 Å². The summed E-state index contributed by atoms with van der Waals surface area (Å²) in [4.78, 5) is 0. The average Bonchev–Trinajstić information content (AvgIpc) is 2.17. The van der Waals surface area contributed by atoms with Crippen molar-refractivity contribution in [1.82, 2.24) is 0 Å². The number of nitrogens with two attached hydrogens (primary N) is 1. The molecule has 0 bridgehead atoms. The molecule has 2 rings (SSSR count). The summed E-state index contributed by atoms with van der Waals surface area (Å²) in [5.74, 6) is 1.08. The largest absolute Gasteiger partial charge is 0.544 e. The van der Waals surface area contributed by atoms with Crippen LogP contribution in [0.25, 0.3) is 0 Å². The van der Waals surface area contributed by atoms with Crippen LogP contribution in [0.5, 0.6) is 5.75 Å². The first-order valence-electron chi connectivity index (χ1n) is 6.04.